The lowest BCUT2D eigenvalue weighted by Crippen LogP contribution is -2.08. The lowest BCUT2D eigenvalue weighted by atomic mass is 10.3. The molecule has 0 bridgehead atoms. The van der Waals surface area contributed by atoms with E-state index in [1.165, 1.54) is 0 Å². The number of carbonyl (C=O) groups is 2. The van der Waals surface area contributed by atoms with Gasteiger partial charge in [-0.2, -0.15) is 21.0 Å². The number of benzene rings is 1. The van der Waals surface area contributed by atoms with Gasteiger partial charge >= 0.3 is 11.9 Å². The first-order chi connectivity index (χ1) is 16.3. The van der Waals surface area contributed by atoms with Gasteiger partial charge in [0.1, 0.15) is 46.9 Å². The second kappa shape index (κ2) is 11.1. The summed E-state index contributed by atoms with van der Waals surface area (Å²) < 4.78 is 12.4. The van der Waals surface area contributed by atoms with Crippen LogP contribution in [0.1, 0.15) is 12.8 Å². The summed E-state index contributed by atoms with van der Waals surface area (Å²) in [6.07, 6.45) is -0.574. The maximum absolute atomic E-state index is 11.0. The fourth-order valence-corrected chi connectivity index (χ4v) is 7.82. The van der Waals surface area contributed by atoms with Crippen molar-refractivity contribution in [3.05, 3.63) is 19.6 Å². The molecule has 0 spiro atoms. The van der Waals surface area contributed by atoms with Crippen molar-refractivity contribution in [1.82, 2.24) is 0 Å². The third kappa shape index (κ3) is 5.22. The second-order valence-electron chi connectivity index (χ2n) is 6.14. The summed E-state index contributed by atoms with van der Waals surface area (Å²) >= 11 is 4.32. The Bertz CT molecular complexity index is 1150. The molecule has 170 valence electrons. The standard InChI is InChI=1S/C20H10N4O6S4/c21-5-9(6-22)19-31-15-13(29-3-1-11(25)26)16-18(34-20(32-16)10(7-23)8-24)14(17(15)33-19)30-4-2-12(27)28/h1-4H2,(H,25,26)(H,27,28). The highest BCUT2D eigenvalue weighted by Crippen LogP contribution is 2.68. The molecule has 0 fully saturated rings. The summed E-state index contributed by atoms with van der Waals surface area (Å²) in [7, 11) is 0. The van der Waals surface area contributed by atoms with E-state index < -0.39 is 11.9 Å². The Morgan fingerprint density at radius 3 is 1.18 bits per heavy atom. The summed E-state index contributed by atoms with van der Waals surface area (Å²) in [4.78, 5) is 23.9. The lowest BCUT2D eigenvalue weighted by molar-refractivity contribution is -0.138. The van der Waals surface area contributed by atoms with Gasteiger partial charge in [-0.3, -0.25) is 9.59 Å². The zero-order chi connectivity index (χ0) is 24.8. The molecule has 10 nitrogen and oxygen atoms in total. The van der Waals surface area contributed by atoms with Gasteiger partial charge in [-0.1, -0.05) is 47.0 Å². The quantitative estimate of drug-likeness (QED) is 0.452. The Kier molecular flexibility index (Phi) is 8.27. The minimum atomic E-state index is -1.07. The van der Waals surface area contributed by atoms with Gasteiger partial charge in [0.05, 0.1) is 54.1 Å². The summed E-state index contributed by atoms with van der Waals surface area (Å²) in [5, 5.41) is 55.2. The molecule has 0 atom stereocenters. The van der Waals surface area contributed by atoms with Gasteiger partial charge < -0.3 is 19.7 Å². The average Bonchev–Trinajstić information content (AvgIpc) is 3.42. The molecule has 2 N–H and O–H groups in total. The summed E-state index contributed by atoms with van der Waals surface area (Å²) in [5.41, 5.74) is -0.257. The van der Waals surface area contributed by atoms with Crippen molar-refractivity contribution in [2.75, 3.05) is 13.2 Å². The molecule has 0 saturated carbocycles. The molecule has 2 heterocycles. The normalized spacial score (nSPS) is 12.9. The third-order valence-electron chi connectivity index (χ3n) is 4.00. The molecule has 1 aromatic carbocycles. The van der Waals surface area contributed by atoms with Gasteiger partial charge in [0.2, 0.25) is 0 Å². The number of hydrogen-bond acceptors (Lipinski definition) is 12. The van der Waals surface area contributed by atoms with Crippen LogP contribution < -0.4 is 9.47 Å². The number of rotatable bonds is 8. The van der Waals surface area contributed by atoms with E-state index in [0.717, 1.165) is 47.0 Å². The van der Waals surface area contributed by atoms with Crippen LogP contribution in [0.15, 0.2) is 39.2 Å². The highest BCUT2D eigenvalue weighted by molar-refractivity contribution is 8.26. The van der Waals surface area contributed by atoms with Gasteiger partial charge in [0, 0.05) is 0 Å². The van der Waals surface area contributed by atoms with Crippen molar-refractivity contribution in [2.45, 2.75) is 32.4 Å². The first kappa shape index (κ1) is 25.2. The number of allylic oxidation sites excluding steroid dienone is 2. The van der Waals surface area contributed by atoms with E-state index in [1.807, 2.05) is 24.3 Å². The predicted molar refractivity (Wildman–Crippen MR) is 122 cm³/mol. The Balaban J connectivity index is 2.20. The molecule has 3 rings (SSSR count). The molecular formula is C20H10N4O6S4. The third-order valence-corrected chi connectivity index (χ3v) is 9.19. The number of fused-ring (bicyclic) bond motifs is 2. The van der Waals surface area contributed by atoms with Crippen LogP contribution in [0.25, 0.3) is 0 Å². The fourth-order valence-electron chi connectivity index (χ4n) is 2.58. The number of nitrogens with zero attached hydrogens (tertiary/aromatic N) is 4. The molecule has 0 saturated heterocycles. The minimum absolute atomic E-state index is 0.128. The topological polar surface area (TPSA) is 188 Å². The van der Waals surface area contributed by atoms with Crippen LogP contribution in [0.5, 0.6) is 11.5 Å². The molecule has 0 amide bonds. The molecule has 2 aliphatic heterocycles. The van der Waals surface area contributed by atoms with Gasteiger partial charge in [0.25, 0.3) is 0 Å². The van der Waals surface area contributed by atoms with Crippen molar-refractivity contribution < 1.29 is 29.3 Å². The number of thioether (sulfide) groups is 4. The Labute approximate surface area is 209 Å². The van der Waals surface area contributed by atoms with Crippen LogP contribution >= 0.6 is 47.0 Å². The molecule has 1 aromatic rings. The van der Waals surface area contributed by atoms with E-state index in [9.17, 15) is 30.6 Å². The van der Waals surface area contributed by atoms with Gasteiger partial charge in [-0.15, -0.1) is 0 Å². The Morgan fingerprint density at radius 1 is 0.647 bits per heavy atom. The molecule has 2 aliphatic rings. The van der Waals surface area contributed by atoms with Crippen LogP contribution in [0, 0.1) is 45.3 Å². The van der Waals surface area contributed by atoms with Crippen LogP contribution in [-0.4, -0.2) is 35.4 Å². The molecule has 14 heteroatoms. The maximum atomic E-state index is 11.0. The first-order valence-corrected chi connectivity index (χ1v) is 12.3. The van der Waals surface area contributed by atoms with Gasteiger partial charge in [0.15, 0.2) is 0 Å². The van der Waals surface area contributed by atoms with Crippen molar-refractivity contribution in [3.8, 4) is 35.8 Å². The summed E-state index contributed by atoms with van der Waals surface area (Å²) in [6.45, 7) is -0.344. The van der Waals surface area contributed by atoms with Gasteiger partial charge in [-0.05, 0) is 0 Å². The number of hydrogen-bond donors (Lipinski definition) is 2. The van der Waals surface area contributed by atoms with Crippen molar-refractivity contribution in [1.29, 1.82) is 21.0 Å². The number of carboxylic acid groups (broad SMARTS) is 2. The zero-order valence-electron chi connectivity index (χ0n) is 16.8. The largest absolute Gasteiger partial charge is 0.491 e. The molecule has 0 aromatic heterocycles. The van der Waals surface area contributed by atoms with E-state index in [4.69, 9.17) is 19.7 Å². The second-order valence-corrected chi connectivity index (χ2v) is 10.7. The van der Waals surface area contributed by atoms with Crippen molar-refractivity contribution in [2.24, 2.45) is 0 Å². The van der Waals surface area contributed by atoms with Crippen LogP contribution in [0.2, 0.25) is 0 Å². The average molecular weight is 531 g/mol. The predicted octanol–water partition coefficient (Wildman–Crippen LogP) is 4.31. The van der Waals surface area contributed by atoms with E-state index in [0.29, 0.717) is 28.1 Å². The Morgan fingerprint density at radius 2 is 0.941 bits per heavy atom. The highest BCUT2D eigenvalue weighted by Gasteiger charge is 2.38. The molecular weight excluding hydrogens is 521 g/mol. The number of ether oxygens (including phenoxy) is 2. The number of carboxylic acids is 2. The minimum Gasteiger partial charge on any atom is -0.491 e. The van der Waals surface area contributed by atoms with E-state index >= 15 is 0 Å². The highest BCUT2D eigenvalue weighted by atomic mass is 32.2. The van der Waals surface area contributed by atoms with Crippen molar-refractivity contribution >= 4 is 59.0 Å². The van der Waals surface area contributed by atoms with E-state index in [-0.39, 0.29) is 48.7 Å². The SMILES string of the molecule is N#CC(C#N)=C1Sc2c(OCCC(=O)O)c3c(c(OCCC(=O)O)c2S1)SC(=C(C#N)C#N)S3. The van der Waals surface area contributed by atoms with Crippen LogP contribution in [0.4, 0.5) is 0 Å². The molecule has 0 aliphatic carbocycles. The van der Waals surface area contributed by atoms with E-state index in [1.54, 1.807) is 0 Å². The van der Waals surface area contributed by atoms with Crippen molar-refractivity contribution in [3.63, 3.8) is 0 Å². The first-order valence-electron chi connectivity index (χ1n) is 9.08. The summed E-state index contributed by atoms with van der Waals surface area (Å²) in [5.74, 6) is -1.58. The number of nitriles is 4. The van der Waals surface area contributed by atoms with E-state index in [2.05, 4.69) is 0 Å². The monoisotopic (exact) mass is 530 g/mol. The lowest BCUT2D eigenvalue weighted by Gasteiger charge is -2.17. The van der Waals surface area contributed by atoms with Crippen LogP contribution in [0.3, 0.4) is 0 Å². The molecule has 0 unspecified atom stereocenters. The van der Waals surface area contributed by atoms with Gasteiger partial charge in [-0.25, -0.2) is 0 Å². The molecule has 34 heavy (non-hydrogen) atoms. The Hall–Kier alpha value is -3.40. The maximum Gasteiger partial charge on any atom is 0.306 e. The number of aliphatic carboxylic acids is 2. The zero-order valence-corrected chi connectivity index (χ0v) is 20.0. The smallest absolute Gasteiger partial charge is 0.306 e. The summed E-state index contributed by atoms with van der Waals surface area (Å²) in [6, 6.07) is 7.31. The molecule has 0 radical (unpaired) electrons. The van der Waals surface area contributed by atoms with Crippen LogP contribution in [-0.2, 0) is 9.59 Å². The fraction of sp³-hybridized carbons (Fsp3) is 0.200.